The molecule has 0 saturated carbocycles. The van der Waals surface area contributed by atoms with Gasteiger partial charge in [-0.1, -0.05) is 91.4 Å². The third kappa shape index (κ3) is 20.2. The van der Waals surface area contributed by atoms with Gasteiger partial charge in [0.05, 0.1) is 43.5 Å². The molecule has 0 unspecified atom stereocenters. The fourth-order valence-electron chi connectivity index (χ4n) is 9.77. The van der Waals surface area contributed by atoms with Gasteiger partial charge in [-0.25, -0.2) is 0 Å². The van der Waals surface area contributed by atoms with Gasteiger partial charge in [0.2, 0.25) is 0 Å². The largest absolute Gasteiger partial charge is 0.491 e. The summed E-state index contributed by atoms with van der Waals surface area (Å²) in [6.45, 7) is 33.6. The molecule has 0 atom stereocenters. The Kier molecular flexibility index (Phi) is 23.4. The monoisotopic (exact) mass is 1120 g/mol. The van der Waals surface area contributed by atoms with Crippen molar-refractivity contribution in [2.45, 2.75) is 74.8 Å². The van der Waals surface area contributed by atoms with Gasteiger partial charge in [0.1, 0.15) is 35.4 Å². The van der Waals surface area contributed by atoms with E-state index in [0.717, 1.165) is 156 Å². The Hall–Kier alpha value is -7.44. The van der Waals surface area contributed by atoms with E-state index in [1.807, 2.05) is 76.2 Å². The van der Waals surface area contributed by atoms with Crippen molar-refractivity contribution in [3.63, 3.8) is 0 Å². The third-order valence-corrected chi connectivity index (χ3v) is 14.7. The number of nitrogens with zero attached hydrogens (tertiary/aromatic N) is 10. The summed E-state index contributed by atoms with van der Waals surface area (Å²) in [5.74, 6) is 5.31. The molecule has 7 heterocycles. The zero-order chi connectivity index (χ0) is 57.5. The number of piperazine rings is 3. The van der Waals surface area contributed by atoms with Gasteiger partial charge in [0.15, 0.2) is 5.82 Å². The second-order valence-corrected chi connectivity index (χ2v) is 21.5. The fourth-order valence-corrected chi connectivity index (χ4v) is 9.77. The maximum Gasteiger partial charge on any atom is 0.172 e. The van der Waals surface area contributed by atoms with Crippen LogP contribution in [0, 0.1) is 55.4 Å². The first-order chi connectivity index (χ1) is 39.9. The van der Waals surface area contributed by atoms with Crippen LogP contribution < -0.4 is 24.3 Å². The number of benzene rings is 4. The lowest BCUT2D eigenvalue weighted by molar-refractivity contribution is 0.0370. The minimum atomic E-state index is 0.543. The van der Waals surface area contributed by atoms with E-state index < -0.39 is 0 Å². The Balaban J connectivity index is 0.000000143. The first-order valence-corrected chi connectivity index (χ1v) is 29.1. The lowest BCUT2D eigenvalue weighted by Gasteiger charge is -2.36. The van der Waals surface area contributed by atoms with Gasteiger partial charge in [0, 0.05) is 146 Å². The van der Waals surface area contributed by atoms with Gasteiger partial charge < -0.3 is 51.9 Å². The molecule has 0 aliphatic carbocycles. The van der Waals surface area contributed by atoms with Crippen molar-refractivity contribution >= 4 is 22.9 Å². The van der Waals surface area contributed by atoms with Crippen LogP contribution in [0.2, 0.25) is 0 Å². The van der Waals surface area contributed by atoms with Crippen molar-refractivity contribution in [1.29, 1.82) is 0 Å². The molecule has 0 radical (unpaired) electrons. The van der Waals surface area contributed by atoms with Crippen LogP contribution in [0.4, 0.5) is 22.9 Å². The number of aromatic nitrogens is 4. The van der Waals surface area contributed by atoms with Gasteiger partial charge >= 0.3 is 0 Å². The van der Waals surface area contributed by atoms with Gasteiger partial charge in [0.25, 0.3) is 0 Å². The Morgan fingerprint density at radius 2 is 0.720 bits per heavy atom. The van der Waals surface area contributed by atoms with Gasteiger partial charge in [-0.2, -0.15) is 0 Å². The number of anilines is 4. The average molecular weight is 1120 g/mol. The average Bonchev–Trinajstić information content (AvgIpc) is 4.38. The van der Waals surface area contributed by atoms with Crippen molar-refractivity contribution in [3.05, 3.63) is 184 Å². The maximum atomic E-state index is 5.56. The van der Waals surface area contributed by atoms with Crippen LogP contribution in [0.5, 0.6) is 5.75 Å². The number of hydrogen-bond acceptors (Lipinski definition) is 17. The Morgan fingerprint density at radius 3 is 1.16 bits per heavy atom. The predicted octanol–water partition coefficient (Wildman–Crippen LogP) is 10.8. The third-order valence-electron chi connectivity index (χ3n) is 14.7. The van der Waals surface area contributed by atoms with Gasteiger partial charge in [-0.15, -0.1) is 0 Å². The van der Waals surface area contributed by atoms with E-state index in [-0.39, 0.29) is 0 Å². The minimum absolute atomic E-state index is 0.543. The molecular weight excluding hydrogens is 1030 g/mol. The highest BCUT2D eigenvalue weighted by Crippen LogP contribution is 2.23. The summed E-state index contributed by atoms with van der Waals surface area (Å²) in [6.07, 6.45) is 1.73. The normalized spacial score (nSPS) is 14.8. The lowest BCUT2D eigenvalue weighted by atomic mass is 10.2. The van der Waals surface area contributed by atoms with Crippen molar-refractivity contribution < 1.29 is 32.3 Å². The quantitative estimate of drug-likeness (QED) is 0.0706. The molecule has 17 nitrogen and oxygen atoms in total. The molecule has 0 bridgehead atoms. The van der Waals surface area contributed by atoms with Gasteiger partial charge in [-0.05, 0) is 104 Å². The zero-order valence-electron chi connectivity index (χ0n) is 49.7. The molecule has 11 rings (SSSR count). The smallest absolute Gasteiger partial charge is 0.172 e. The molecule has 3 fully saturated rings. The molecule has 3 saturated heterocycles. The van der Waals surface area contributed by atoms with Crippen LogP contribution in [0.25, 0.3) is 0 Å². The number of ether oxygens (including phenoxy) is 3. The highest BCUT2D eigenvalue weighted by molar-refractivity contribution is 5.51. The minimum Gasteiger partial charge on any atom is -0.491 e. The summed E-state index contributed by atoms with van der Waals surface area (Å²) < 4.78 is 36.8. The molecule has 3 aliphatic heterocycles. The van der Waals surface area contributed by atoms with Crippen molar-refractivity contribution in [2.75, 3.05) is 138 Å². The second-order valence-electron chi connectivity index (χ2n) is 21.5. The SMILES string of the molecule is Cc1ccc(N2CCN(CCc3cc(C)on3)CC2)cc1.Cc1ccc(N2CCN(Cc3cc(C)on3)CC2)cc1.Cc1ccc(N2CCN(c3cc(C)on3)CC2)cc1.Cc1ccc(OCCOCCOCCc2cc(C)on2)cc1. The van der Waals surface area contributed by atoms with E-state index in [1.165, 1.54) is 39.3 Å². The summed E-state index contributed by atoms with van der Waals surface area (Å²) >= 11 is 0. The molecule has 0 N–H and O–H groups in total. The number of aryl methyl sites for hydroxylation is 8. The van der Waals surface area contributed by atoms with Crippen molar-refractivity contribution in [3.8, 4) is 5.75 Å². The molecule has 0 spiro atoms. The lowest BCUT2D eigenvalue weighted by Crippen LogP contribution is -2.47. The van der Waals surface area contributed by atoms with E-state index in [2.05, 4.69) is 151 Å². The Labute approximate surface area is 485 Å². The molecule has 4 aromatic heterocycles. The summed E-state index contributed by atoms with van der Waals surface area (Å²) in [7, 11) is 0. The highest BCUT2D eigenvalue weighted by Gasteiger charge is 2.21. The summed E-state index contributed by atoms with van der Waals surface area (Å²) in [5.41, 5.74) is 12.2. The van der Waals surface area contributed by atoms with E-state index in [4.69, 9.17) is 32.3 Å². The molecule has 4 aromatic carbocycles. The van der Waals surface area contributed by atoms with Crippen LogP contribution in [-0.4, -0.2) is 149 Å². The van der Waals surface area contributed by atoms with Crippen LogP contribution in [0.3, 0.4) is 0 Å². The molecule has 0 amide bonds. The molecule has 82 heavy (non-hydrogen) atoms. The standard InChI is InChI=1S/C17H23N3O.C17H23NO4.C16H21N3O.C15H19N3O/c1-14-3-5-17(6-4-14)20-11-9-19(10-12-20)8-7-16-13-15(2)21-18-16;1-14-3-5-17(6-4-14)21-12-11-20-10-9-19-8-7-16-13-15(2)22-18-16;1-13-3-5-16(6-4-13)19-9-7-18(8-10-19)12-15-11-14(2)20-17-15;1-12-3-5-14(6-4-12)17-7-9-18(10-8-17)15-11-13(2)19-16-15/h3-6,13H,7-12H2,1-2H3;3-6,13H,7-12H2,1-2H3;3-6,11H,7-10,12H2,1-2H3;3-6,11H,7-10H2,1-2H3. The van der Waals surface area contributed by atoms with Crippen LogP contribution in [0.15, 0.2) is 139 Å². The van der Waals surface area contributed by atoms with E-state index in [9.17, 15) is 0 Å². The van der Waals surface area contributed by atoms with Crippen LogP contribution in [0.1, 0.15) is 62.4 Å². The number of hydrogen-bond donors (Lipinski definition) is 0. The van der Waals surface area contributed by atoms with Crippen LogP contribution in [-0.2, 0) is 28.9 Å². The summed E-state index contributed by atoms with van der Waals surface area (Å²) in [6, 6.07) is 42.3. The topological polar surface area (TPSA) is 151 Å². The van der Waals surface area contributed by atoms with E-state index in [0.29, 0.717) is 33.0 Å². The predicted molar refractivity (Wildman–Crippen MR) is 325 cm³/mol. The second kappa shape index (κ2) is 31.7. The Bertz CT molecular complexity index is 3020. The van der Waals surface area contributed by atoms with Crippen molar-refractivity contribution in [2.24, 2.45) is 0 Å². The molecular formula is C65H86N10O7. The first kappa shape index (κ1) is 60.7. The number of rotatable bonds is 19. The maximum absolute atomic E-state index is 5.56. The molecule has 438 valence electrons. The summed E-state index contributed by atoms with van der Waals surface area (Å²) in [5, 5.41) is 16.1. The molecule has 8 aromatic rings. The molecule has 17 heteroatoms. The summed E-state index contributed by atoms with van der Waals surface area (Å²) in [4.78, 5) is 14.6. The zero-order valence-corrected chi connectivity index (χ0v) is 49.7. The first-order valence-electron chi connectivity index (χ1n) is 29.1. The molecule has 3 aliphatic rings. The Morgan fingerprint density at radius 1 is 0.354 bits per heavy atom. The van der Waals surface area contributed by atoms with Crippen LogP contribution >= 0.6 is 0 Å². The van der Waals surface area contributed by atoms with Gasteiger partial charge in [-0.3, -0.25) is 9.80 Å². The highest BCUT2D eigenvalue weighted by atomic mass is 16.5. The van der Waals surface area contributed by atoms with Crippen molar-refractivity contribution in [1.82, 2.24) is 30.4 Å². The van der Waals surface area contributed by atoms with E-state index >= 15 is 0 Å². The van der Waals surface area contributed by atoms with E-state index in [1.54, 1.807) is 0 Å². The fraction of sp³-hybridized carbons (Fsp3) is 0.446.